The molecule has 2 aromatic heterocycles. The van der Waals surface area contributed by atoms with E-state index in [9.17, 15) is 14.4 Å². The van der Waals surface area contributed by atoms with Crippen molar-refractivity contribution in [3.8, 4) is 0 Å². The quantitative estimate of drug-likeness (QED) is 0.791. The molecule has 23 heavy (non-hydrogen) atoms. The summed E-state index contributed by atoms with van der Waals surface area (Å²) in [5.41, 5.74) is 0.201. The van der Waals surface area contributed by atoms with Gasteiger partial charge in [0.2, 0.25) is 5.91 Å². The van der Waals surface area contributed by atoms with E-state index in [-0.39, 0.29) is 42.6 Å². The van der Waals surface area contributed by atoms with Crippen molar-refractivity contribution in [1.82, 2.24) is 24.6 Å². The normalized spacial score (nSPS) is 10.7. The molecular weight excluding hydrogens is 298 g/mol. The smallest absolute Gasteiger partial charge is 0.266 e. The molecule has 2 rings (SSSR count). The predicted octanol–water partition coefficient (Wildman–Crippen LogP) is -0.260. The van der Waals surface area contributed by atoms with Crippen LogP contribution in [0, 0.1) is 0 Å². The van der Waals surface area contributed by atoms with E-state index in [2.05, 4.69) is 15.4 Å². The van der Waals surface area contributed by atoms with Crippen molar-refractivity contribution in [3.63, 3.8) is 0 Å². The second-order valence-corrected chi connectivity index (χ2v) is 5.37. The summed E-state index contributed by atoms with van der Waals surface area (Å²) in [6, 6.07) is 4.39. The largest absolute Gasteiger partial charge is 0.353 e. The second kappa shape index (κ2) is 7.48. The Bertz CT molecular complexity index is 794. The van der Waals surface area contributed by atoms with Crippen LogP contribution in [0.2, 0.25) is 0 Å². The van der Waals surface area contributed by atoms with Crippen LogP contribution in [0.1, 0.15) is 25.5 Å². The monoisotopic (exact) mass is 317 g/mol. The van der Waals surface area contributed by atoms with Crippen molar-refractivity contribution in [2.75, 3.05) is 6.54 Å². The summed E-state index contributed by atoms with van der Waals surface area (Å²) in [5, 5.41) is 6.53. The molecule has 0 atom stereocenters. The van der Waals surface area contributed by atoms with Crippen LogP contribution in [-0.4, -0.2) is 31.8 Å². The molecule has 0 aliphatic carbocycles. The van der Waals surface area contributed by atoms with Gasteiger partial charge in [-0.05, 0) is 12.0 Å². The lowest BCUT2D eigenvalue weighted by atomic mass is 10.1. The summed E-state index contributed by atoms with van der Waals surface area (Å²) >= 11 is 0. The number of rotatable bonds is 6. The number of hydrogen-bond acceptors (Lipinski definition) is 5. The van der Waals surface area contributed by atoms with Crippen molar-refractivity contribution >= 4 is 5.91 Å². The van der Waals surface area contributed by atoms with Crippen molar-refractivity contribution in [2.45, 2.75) is 32.9 Å². The van der Waals surface area contributed by atoms with E-state index in [1.54, 1.807) is 6.07 Å². The molecule has 0 aliphatic rings. The van der Waals surface area contributed by atoms with Gasteiger partial charge in [-0.25, -0.2) is 9.67 Å². The Hall–Kier alpha value is -2.77. The Kier molecular flexibility index (Phi) is 5.40. The van der Waals surface area contributed by atoms with E-state index < -0.39 is 0 Å². The molecule has 2 aromatic rings. The van der Waals surface area contributed by atoms with Crippen molar-refractivity contribution in [3.05, 3.63) is 57.1 Å². The number of nitrogens with one attached hydrogen (secondary N) is 1. The van der Waals surface area contributed by atoms with E-state index in [1.165, 1.54) is 33.9 Å². The first-order chi connectivity index (χ1) is 11.0. The van der Waals surface area contributed by atoms with Crippen molar-refractivity contribution in [1.29, 1.82) is 0 Å². The Morgan fingerprint density at radius 2 is 2.09 bits per heavy atom. The van der Waals surface area contributed by atoms with E-state index in [1.807, 2.05) is 13.8 Å². The Labute approximate surface area is 132 Å². The maximum absolute atomic E-state index is 11.9. The first-order valence-electron chi connectivity index (χ1n) is 7.32. The zero-order valence-electron chi connectivity index (χ0n) is 13.1. The highest BCUT2D eigenvalue weighted by molar-refractivity contribution is 5.75. The van der Waals surface area contributed by atoms with Crippen molar-refractivity contribution < 1.29 is 4.79 Å². The third-order valence-corrected chi connectivity index (χ3v) is 3.24. The lowest BCUT2D eigenvalue weighted by molar-refractivity contribution is -0.121. The van der Waals surface area contributed by atoms with Crippen LogP contribution in [0.4, 0.5) is 0 Å². The number of aromatic nitrogens is 4. The first-order valence-corrected chi connectivity index (χ1v) is 7.32. The van der Waals surface area contributed by atoms with Gasteiger partial charge in [0.25, 0.3) is 11.1 Å². The molecule has 0 bridgehead atoms. The van der Waals surface area contributed by atoms with Crippen LogP contribution in [0.25, 0.3) is 0 Å². The molecule has 0 fully saturated rings. The van der Waals surface area contributed by atoms with Gasteiger partial charge in [0.05, 0.1) is 18.6 Å². The van der Waals surface area contributed by atoms with Crippen LogP contribution < -0.4 is 16.4 Å². The van der Waals surface area contributed by atoms with Gasteiger partial charge in [0, 0.05) is 24.9 Å². The summed E-state index contributed by atoms with van der Waals surface area (Å²) in [7, 11) is 0. The van der Waals surface area contributed by atoms with Gasteiger partial charge in [-0.3, -0.25) is 19.0 Å². The molecule has 122 valence electrons. The number of carbonyl (C=O) groups excluding carboxylic acids is 1. The van der Waals surface area contributed by atoms with E-state index in [0.717, 1.165) is 0 Å². The molecule has 0 spiro atoms. The van der Waals surface area contributed by atoms with Gasteiger partial charge >= 0.3 is 0 Å². The molecule has 1 N–H and O–H groups in total. The zero-order valence-corrected chi connectivity index (χ0v) is 13.1. The Morgan fingerprint density at radius 3 is 2.74 bits per heavy atom. The van der Waals surface area contributed by atoms with Gasteiger partial charge in [-0.1, -0.05) is 13.8 Å². The molecule has 8 heteroatoms. The molecule has 0 saturated carbocycles. The number of nitrogens with zero attached hydrogens (tertiary/aromatic N) is 4. The molecule has 0 saturated heterocycles. The van der Waals surface area contributed by atoms with Crippen molar-refractivity contribution in [2.24, 2.45) is 0 Å². The summed E-state index contributed by atoms with van der Waals surface area (Å²) in [6.07, 6.45) is 2.88. The Morgan fingerprint density at radius 1 is 1.30 bits per heavy atom. The topological polar surface area (TPSA) is 98.9 Å². The van der Waals surface area contributed by atoms with E-state index in [4.69, 9.17) is 0 Å². The molecule has 0 radical (unpaired) electrons. The standard InChI is InChI=1S/C15H19N5O3/c1-11(2)12-8-15(23)19(10-17-12)9-13(21)16-6-7-20-14(22)4-3-5-18-20/h3-5,8,10-11H,6-7,9H2,1-2H3,(H,16,21). The minimum Gasteiger partial charge on any atom is -0.353 e. The summed E-state index contributed by atoms with van der Waals surface area (Å²) < 4.78 is 2.50. The van der Waals surface area contributed by atoms with Gasteiger partial charge in [-0.15, -0.1) is 0 Å². The minimum absolute atomic E-state index is 0.110. The Balaban J connectivity index is 1.89. The molecular formula is C15H19N5O3. The minimum atomic E-state index is -0.324. The van der Waals surface area contributed by atoms with Gasteiger partial charge in [0.15, 0.2) is 0 Å². The van der Waals surface area contributed by atoms with Crippen LogP contribution in [0.3, 0.4) is 0 Å². The SMILES string of the molecule is CC(C)c1cc(=O)n(CC(=O)NCCn2ncccc2=O)cn1. The third-order valence-electron chi connectivity index (χ3n) is 3.24. The zero-order chi connectivity index (χ0) is 16.8. The van der Waals surface area contributed by atoms with Crippen LogP contribution in [0.5, 0.6) is 0 Å². The molecule has 0 unspecified atom stereocenters. The highest BCUT2D eigenvalue weighted by Gasteiger charge is 2.07. The molecule has 8 nitrogen and oxygen atoms in total. The highest BCUT2D eigenvalue weighted by Crippen LogP contribution is 2.06. The first kappa shape index (κ1) is 16.6. The third kappa shape index (κ3) is 4.60. The molecule has 0 aromatic carbocycles. The summed E-state index contributed by atoms with van der Waals surface area (Å²) in [5.74, 6) is -0.168. The summed E-state index contributed by atoms with van der Waals surface area (Å²) in [6.45, 7) is 4.30. The molecule has 0 aliphatic heterocycles. The summed E-state index contributed by atoms with van der Waals surface area (Å²) in [4.78, 5) is 39.4. The van der Waals surface area contributed by atoms with E-state index >= 15 is 0 Å². The molecule has 2 heterocycles. The fourth-order valence-electron chi connectivity index (χ4n) is 1.94. The second-order valence-electron chi connectivity index (χ2n) is 5.37. The van der Waals surface area contributed by atoms with Gasteiger partial charge in [0.1, 0.15) is 6.54 Å². The average molecular weight is 317 g/mol. The lowest BCUT2D eigenvalue weighted by Crippen LogP contribution is -2.35. The number of amides is 1. The maximum Gasteiger partial charge on any atom is 0.266 e. The average Bonchev–Trinajstić information content (AvgIpc) is 2.51. The maximum atomic E-state index is 11.9. The predicted molar refractivity (Wildman–Crippen MR) is 84.1 cm³/mol. The van der Waals surface area contributed by atoms with Gasteiger partial charge in [-0.2, -0.15) is 5.10 Å². The lowest BCUT2D eigenvalue weighted by Gasteiger charge is -2.09. The number of carbonyl (C=O) groups is 1. The highest BCUT2D eigenvalue weighted by atomic mass is 16.2. The number of hydrogen-bond donors (Lipinski definition) is 1. The van der Waals surface area contributed by atoms with E-state index in [0.29, 0.717) is 5.69 Å². The van der Waals surface area contributed by atoms with Crippen LogP contribution in [-0.2, 0) is 17.9 Å². The van der Waals surface area contributed by atoms with Crippen LogP contribution >= 0.6 is 0 Å². The van der Waals surface area contributed by atoms with Gasteiger partial charge < -0.3 is 5.32 Å². The molecule has 1 amide bonds. The van der Waals surface area contributed by atoms with Crippen LogP contribution in [0.15, 0.2) is 40.3 Å². The fraction of sp³-hybridized carbons (Fsp3) is 0.400. The fourth-order valence-corrected chi connectivity index (χ4v) is 1.94.